The predicted octanol–water partition coefficient (Wildman–Crippen LogP) is 5.49. The molecule has 50 heavy (non-hydrogen) atoms. The number of hydrogen-bond acceptors (Lipinski definition) is 12. The molecule has 0 aromatic rings. The molecule has 2 atom stereocenters. The number of hydrogen-bond donors (Lipinski definition) is 4. The number of carbonyl (C=O) groups excluding carboxylic acids is 5. The number of Topliss-reactive ketones (excluding diaryl/α,β-unsaturated/α-hetero) is 1. The number of amides is 4. The smallest absolute Gasteiger partial charge is 0.414 e. The fourth-order valence-electron chi connectivity index (χ4n) is 3.93. The minimum Gasteiger partial charge on any atom is -0.444 e. The highest BCUT2D eigenvalue weighted by atomic mass is 16.6. The van der Waals surface area contributed by atoms with E-state index in [2.05, 4.69) is 36.2 Å². The van der Waals surface area contributed by atoms with Crippen molar-refractivity contribution >= 4 is 42.1 Å². The first-order chi connectivity index (χ1) is 22.6. The van der Waals surface area contributed by atoms with Crippen LogP contribution in [0.3, 0.4) is 0 Å². The lowest BCUT2D eigenvalue weighted by Gasteiger charge is -2.32. The molecular formula is C34H63N7O9. The number of rotatable bonds is 11. The molecule has 0 saturated carbocycles. The van der Waals surface area contributed by atoms with E-state index in [1.54, 1.807) is 90.0 Å². The van der Waals surface area contributed by atoms with Crippen LogP contribution in [0.1, 0.15) is 117 Å². The first-order valence-corrected chi connectivity index (χ1v) is 16.9. The molecule has 0 aromatic heterocycles. The molecule has 0 heterocycles. The Morgan fingerprint density at radius 1 is 0.540 bits per heavy atom. The average molecular weight is 714 g/mol. The molecule has 288 valence electrons. The lowest BCUT2D eigenvalue weighted by Crippen LogP contribution is -2.47. The molecule has 0 aliphatic heterocycles. The summed E-state index contributed by atoms with van der Waals surface area (Å²) in [6.07, 6.45) is -2.17. The molecule has 0 bridgehead atoms. The summed E-state index contributed by atoms with van der Waals surface area (Å²) in [6.45, 7) is 27.3. The first kappa shape index (κ1) is 46.0. The standard InChI is InChI=1S/C34H63N7O9/c1-22(24(3)42)23(2)41(20-16-18-35-25(37-27(43)47-31(4,5)6)38-28(44)48-32(7,8)9)21-17-19-36-26(39-29(45)49-33(10,11)12)40-30(46)50-34(13,14)15/h22-23H,16-21H2,1-15H3,(H2,35,37,38,43,44)(H2,36,39,40,45,46). The Kier molecular flexibility index (Phi) is 18.5. The second kappa shape index (κ2) is 20.0. The lowest BCUT2D eigenvalue weighted by molar-refractivity contribution is -0.122. The zero-order valence-electron chi connectivity index (χ0n) is 32.9. The number of carbonyl (C=O) groups is 5. The van der Waals surface area contributed by atoms with Gasteiger partial charge in [0.1, 0.15) is 28.2 Å². The van der Waals surface area contributed by atoms with Crippen LogP contribution < -0.4 is 21.3 Å². The van der Waals surface area contributed by atoms with Crippen molar-refractivity contribution in [2.24, 2.45) is 15.9 Å². The summed E-state index contributed by atoms with van der Waals surface area (Å²) < 4.78 is 21.2. The third-order valence-electron chi connectivity index (χ3n) is 6.16. The maximum absolute atomic E-state index is 12.4. The molecule has 0 spiro atoms. The van der Waals surface area contributed by atoms with E-state index in [9.17, 15) is 24.0 Å². The number of guanidine groups is 2. The largest absolute Gasteiger partial charge is 0.444 e. The number of nitrogens with one attached hydrogen (secondary N) is 4. The summed E-state index contributed by atoms with van der Waals surface area (Å²) in [6, 6.07) is -0.140. The molecule has 2 unspecified atom stereocenters. The quantitative estimate of drug-likeness (QED) is 0.0919. The topological polar surface area (TPSA) is 198 Å². The van der Waals surface area contributed by atoms with Gasteiger partial charge in [-0.3, -0.25) is 40.9 Å². The number of aliphatic imine (C=N–C) groups is 2. The molecule has 4 N–H and O–H groups in total. The summed E-state index contributed by atoms with van der Waals surface area (Å²) >= 11 is 0. The molecule has 16 nitrogen and oxygen atoms in total. The van der Waals surface area contributed by atoms with Crippen molar-refractivity contribution in [3.63, 3.8) is 0 Å². The predicted molar refractivity (Wildman–Crippen MR) is 192 cm³/mol. The molecule has 0 saturated heterocycles. The van der Waals surface area contributed by atoms with Crippen LogP contribution in [-0.4, -0.2) is 102 Å². The zero-order chi connectivity index (χ0) is 39.1. The highest BCUT2D eigenvalue weighted by Crippen LogP contribution is 2.14. The molecule has 0 fully saturated rings. The maximum atomic E-state index is 12.4. The van der Waals surface area contributed by atoms with E-state index >= 15 is 0 Å². The van der Waals surface area contributed by atoms with E-state index in [0.717, 1.165) is 0 Å². The van der Waals surface area contributed by atoms with Gasteiger partial charge in [-0.05, 0) is 110 Å². The van der Waals surface area contributed by atoms with Gasteiger partial charge in [-0.2, -0.15) is 0 Å². The van der Waals surface area contributed by atoms with Crippen molar-refractivity contribution in [1.29, 1.82) is 0 Å². The third-order valence-corrected chi connectivity index (χ3v) is 6.16. The molecule has 0 rings (SSSR count). The van der Waals surface area contributed by atoms with E-state index in [4.69, 9.17) is 18.9 Å². The highest BCUT2D eigenvalue weighted by Gasteiger charge is 2.25. The Labute approximate surface area is 298 Å². The van der Waals surface area contributed by atoms with E-state index in [1.165, 1.54) is 0 Å². The van der Waals surface area contributed by atoms with Crippen molar-refractivity contribution in [2.45, 2.75) is 145 Å². The van der Waals surface area contributed by atoms with E-state index < -0.39 is 46.8 Å². The van der Waals surface area contributed by atoms with E-state index in [1.807, 2.05) is 13.8 Å². The van der Waals surface area contributed by atoms with Crippen LogP contribution in [0.5, 0.6) is 0 Å². The van der Waals surface area contributed by atoms with Crippen molar-refractivity contribution < 1.29 is 42.9 Å². The summed E-state index contributed by atoms with van der Waals surface area (Å²) in [7, 11) is 0. The van der Waals surface area contributed by atoms with Gasteiger partial charge >= 0.3 is 24.4 Å². The first-order valence-electron chi connectivity index (χ1n) is 16.9. The van der Waals surface area contributed by atoms with Crippen LogP contribution in [0.2, 0.25) is 0 Å². The second-order valence-electron chi connectivity index (χ2n) is 15.9. The monoisotopic (exact) mass is 713 g/mol. The maximum Gasteiger partial charge on any atom is 0.414 e. The zero-order valence-corrected chi connectivity index (χ0v) is 32.9. The van der Waals surface area contributed by atoms with Crippen LogP contribution in [0, 0.1) is 5.92 Å². The van der Waals surface area contributed by atoms with Gasteiger partial charge in [0.15, 0.2) is 0 Å². The summed E-state index contributed by atoms with van der Waals surface area (Å²) in [5.74, 6) is -0.475. The Morgan fingerprint density at radius 3 is 1.02 bits per heavy atom. The van der Waals surface area contributed by atoms with Crippen molar-refractivity contribution in [3.8, 4) is 0 Å². The average Bonchev–Trinajstić information content (AvgIpc) is 2.86. The van der Waals surface area contributed by atoms with Gasteiger partial charge in [-0.25, -0.2) is 19.2 Å². The summed E-state index contributed by atoms with van der Waals surface area (Å²) in [5.41, 5.74) is -3.08. The fourth-order valence-corrected chi connectivity index (χ4v) is 3.93. The van der Waals surface area contributed by atoms with Gasteiger partial charge in [0.25, 0.3) is 0 Å². The van der Waals surface area contributed by atoms with Crippen LogP contribution in [0.15, 0.2) is 9.98 Å². The molecule has 0 radical (unpaired) electrons. The fraction of sp³-hybridized carbons (Fsp3) is 0.794. The van der Waals surface area contributed by atoms with Gasteiger partial charge in [0.2, 0.25) is 11.9 Å². The van der Waals surface area contributed by atoms with Gasteiger partial charge < -0.3 is 18.9 Å². The summed E-state index contributed by atoms with van der Waals surface area (Å²) in [4.78, 5) is 72.8. The minimum atomic E-state index is -0.792. The van der Waals surface area contributed by atoms with Crippen LogP contribution in [0.4, 0.5) is 19.2 Å². The number of ketones is 1. The van der Waals surface area contributed by atoms with E-state index in [-0.39, 0.29) is 42.8 Å². The molecule has 0 aliphatic rings. The number of alkyl carbamates (subject to hydrolysis) is 4. The lowest BCUT2D eigenvalue weighted by atomic mass is 9.97. The minimum absolute atomic E-state index is 0.0364. The van der Waals surface area contributed by atoms with Gasteiger partial charge in [-0.15, -0.1) is 0 Å². The van der Waals surface area contributed by atoms with Crippen LogP contribution in [0.25, 0.3) is 0 Å². The van der Waals surface area contributed by atoms with Crippen LogP contribution in [-0.2, 0) is 23.7 Å². The van der Waals surface area contributed by atoms with Crippen molar-refractivity contribution in [1.82, 2.24) is 26.2 Å². The molecule has 0 aromatic carbocycles. The van der Waals surface area contributed by atoms with Gasteiger partial charge in [0, 0.05) is 38.1 Å². The third kappa shape index (κ3) is 24.2. The van der Waals surface area contributed by atoms with Crippen LogP contribution >= 0.6 is 0 Å². The second-order valence-corrected chi connectivity index (χ2v) is 15.9. The highest BCUT2D eigenvalue weighted by molar-refractivity contribution is 6.02. The number of ether oxygens (including phenoxy) is 4. The SMILES string of the molecule is CC(=O)C(C)C(C)N(CCCN=C(NC(=O)OC(C)(C)C)NC(=O)OC(C)(C)C)CCCN=C(NC(=O)OC(C)(C)C)NC(=O)OC(C)(C)C. The Bertz CT molecular complexity index is 1060. The summed E-state index contributed by atoms with van der Waals surface area (Å²) in [5, 5.41) is 9.86. The Hall–Kier alpha value is -3.95. The van der Waals surface area contributed by atoms with Crippen molar-refractivity contribution in [2.75, 3.05) is 26.2 Å². The molecule has 4 amide bonds. The normalized spacial score (nSPS) is 13.2. The van der Waals surface area contributed by atoms with Gasteiger partial charge in [0.05, 0.1) is 0 Å². The molecular weight excluding hydrogens is 650 g/mol. The van der Waals surface area contributed by atoms with Crippen molar-refractivity contribution in [3.05, 3.63) is 0 Å². The molecule has 16 heteroatoms. The van der Waals surface area contributed by atoms with E-state index in [0.29, 0.717) is 25.9 Å². The number of nitrogens with zero attached hydrogens (tertiary/aromatic N) is 3. The Balaban J connectivity index is 5.82. The van der Waals surface area contributed by atoms with Gasteiger partial charge in [-0.1, -0.05) is 6.92 Å². The molecule has 0 aliphatic carbocycles. The Morgan fingerprint density at radius 2 is 0.800 bits per heavy atom.